The van der Waals surface area contributed by atoms with Crippen molar-refractivity contribution in [1.82, 2.24) is 10.3 Å². The van der Waals surface area contributed by atoms with Gasteiger partial charge in [0.1, 0.15) is 11.6 Å². The number of hydrogen-bond acceptors (Lipinski definition) is 4. The normalized spacial score (nSPS) is 10.4. The number of nitrogens with one attached hydrogen (secondary N) is 2. The first-order valence-corrected chi connectivity index (χ1v) is 7.69. The van der Waals surface area contributed by atoms with Crippen LogP contribution in [0.2, 0.25) is 0 Å². The van der Waals surface area contributed by atoms with Gasteiger partial charge in [-0.25, -0.2) is 4.98 Å². The van der Waals surface area contributed by atoms with E-state index in [1.54, 1.807) is 19.4 Å². The molecule has 1 aromatic heterocycles. The molecule has 0 saturated carbocycles. The Morgan fingerprint density at radius 3 is 2.48 bits per heavy atom. The first kappa shape index (κ1) is 16.8. The van der Waals surface area contributed by atoms with Gasteiger partial charge in [-0.05, 0) is 35.7 Å². The Morgan fingerprint density at radius 1 is 1.17 bits per heavy atom. The molecule has 0 spiro atoms. The van der Waals surface area contributed by atoms with Crippen LogP contribution in [0.1, 0.15) is 29.8 Å². The fraction of sp³-hybridized carbons (Fsp3) is 0.333. The van der Waals surface area contributed by atoms with Gasteiger partial charge in [-0.1, -0.05) is 26.0 Å². The maximum Gasteiger partial charge on any atom is 0.252 e. The van der Waals surface area contributed by atoms with Crippen LogP contribution in [0, 0.1) is 5.92 Å². The van der Waals surface area contributed by atoms with E-state index in [1.165, 1.54) is 0 Å². The molecule has 2 N–H and O–H groups in total. The van der Waals surface area contributed by atoms with E-state index < -0.39 is 0 Å². The predicted octanol–water partition coefficient (Wildman–Crippen LogP) is 3.09. The summed E-state index contributed by atoms with van der Waals surface area (Å²) in [6.07, 6.45) is 1.59. The topological polar surface area (TPSA) is 63.2 Å². The van der Waals surface area contributed by atoms with Crippen molar-refractivity contribution in [1.29, 1.82) is 0 Å². The number of ether oxygens (including phenoxy) is 1. The molecule has 0 bridgehead atoms. The van der Waals surface area contributed by atoms with Crippen LogP contribution >= 0.6 is 0 Å². The van der Waals surface area contributed by atoms with Gasteiger partial charge in [0.15, 0.2) is 0 Å². The van der Waals surface area contributed by atoms with Crippen LogP contribution in [0.15, 0.2) is 42.6 Å². The highest BCUT2D eigenvalue weighted by atomic mass is 16.5. The molecule has 5 heteroatoms. The minimum Gasteiger partial charge on any atom is -0.497 e. The smallest absolute Gasteiger partial charge is 0.252 e. The number of amides is 1. The second-order valence-electron chi connectivity index (χ2n) is 5.74. The Morgan fingerprint density at radius 2 is 1.91 bits per heavy atom. The van der Waals surface area contributed by atoms with Crippen LogP contribution in [0.4, 0.5) is 5.82 Å². The van der Waals surface area contributed by atoms with Crippen molar-refractivity contribution in [2.75, 3.05) is 19.0 Å². The number of carbonyl (C=O) groups excluding carboxylic acids is 1. The summed E-state index contributed by atoms with van der Waals surface area (Å²) in [4.78, 5) is 16.2. The molecular formula is C18H23N3O2. The molecule has 1 aromatic carbocycles. The molecule has 0 aliphatic rings. The summed E-state index contributed by atoms with van der Waals surface area (Å²) in [7, 11) is 1.65. The molecule has 1 amide bonds. The lowest BCUT2D eigenvalue weighted by molar-refractivity contribution is 0.0948. The third-order valence-corrected chi connectivity index (χ3v) is 3.33. The average Bonchev–Trinajstić information content (AvgIpc) is 2.58. The highest BCUT2D eigenvalue weighted by Gasteiger charge is 2.06. The summed E-state index contributed by atoms with van der Waals surface area (Å²) < 4.78 is 5.13. The highest BCUT2D eigenvalue weighted by Crippen LogP contribution is 2.13. The predicted molar refractivity (Wildman–Crippen MR) is 91.7 cm³/mol. The maximum atomic E-state index is 11.9. The van der Waals surface area contributed by atoms with E-state index >= 15 is 0 Å². The number of carbonyl (C=O) groups is 1. The van der Waals surface area contributed by atoms with Gasteiger partial charge in [0.05, 0.1) is 12.7 Å². The lowest BCUT2D eigenvalue weighted by Gasteiger charge is -2.09. The van der Waals surface area contributed by atoms with Crippen LogP contribution in [0.5, 0.6) is 5.75 Å². The first-order valence-electron chi connectivity index (χ1n) is 7.69. The van der Waals surface area contributed by atoms with Crippen molar-refractivity contribution in [3.63, 3.8) is 0 Å². The van der Waals surface area contributed by atoms with E-state index in [0.29, 0.717) is 24.6 Å². The molecule has 0 unspecified atom stereocenters. The zero-order chi connectivity index (χ0) is 16.7. The van der Waals surface area contributed by atoms with Crippen LogP contribution in [-0.2, 0) is 6.54 Å². The van der Waals surface area contributed by atoms with Crippen molar-refractivity contribution in [2.45, 2.75) is 20.4 Å². The third-order valence-electron chi connectivity index (χ3n) is 3.33. The van der Waals surface area contributed by atoms with E-state index in [0.717, 1.165) is 17.1 Å². The Kier molecular flexibility index (Phi) is 5.97. The largest absolute Gasteiger partial charge is 0.497 e. The average molecular weight is 313 g/mol. The van der Waals surface area contributed by atoms with E-state index in [1.807, 2.05) is 30.3 Å². The number of rotatable bonds is 7. The monoisotopic (exact) mass is 313 g/mol. The number of nitrogens with zero attached hydrogens (tertiary/aromatic N) is 1. The van der Waals surface area contributed by atoms with E-state index in [-0.39, 0.29) is 5.91 Å². The molecule has 0 saturated heterocycles. The molecule has 2 rings (SSSR count). The molecule has 2 aromatic rings. The number of anilines is 1. The lowest BCUT2D eigenvalue weighted by atomic mass is 10.2. The second-order valence-corrected chi connectivity index (χ2v) is 5.74. The first-order chi connectivity index (χ1) is 11.1. The van der Waals surface area contributed by atoms with Gasteiger partial charge in [0.2, 0.25) is 0 Å². The standard InChI is InChI=1S/C18H23N3O2/c1-13(2)10-21-18(22)15-6-9-17(20-12-15)19-11-14-4-7-16(23-3)8-5-14/h4-9,12-13H,10-11H2,1-3H3,(H,19,20)(H,21,22). The molecule has 0 radical (unpaired) electrons. The van der Waals surface area contributed by atoms with Gasteiger partial charge in [-0.15, -0.1) is 0 Å². The van der Waals surface area contributed by atoms with Gasteiger partial charge >= 0.3 is 0 Å². The molecule has 122 valence electrons. The molecule has 0 atom stereocenters. The summed E-state index contributed by atoms with van der Waals surface area (Å²) in [5.41, 5.74) is 1.70. The maximum absolute atomic E-state index is 11.9. The Labute approximate surface area is 137 Å². The second kappa shape index (κ2) is 8.17. The van der Waals surface area contributed by atoms with Crippen molar-refractivity contribution in [3.8, 4) is 5.75 Å². The van der Waals surface area contributed by atoms with Crippen molar-refractivity contribution >= 4 is 11.7 Å². The zero-order valence-corrected chi connectivity index (χ0v) is 13.8. The number of methoxy groups -OCH3 is 1. The van der Waals surface area contributed by atoms with Crippen LogP contribution < -0.4 is 15.4 Å². The number of benzene rings is 1. The Balaban J connectivity index is 1.87. The SMILES string of the molecule is COc1ccc(CNc2ccc(C(=O)NCC(C)C)cn2)cc1. The van der Waals surface area contributed by atoms with Crippen LogP contribution in [-0.4, -0.2) is 24.5 Å². The number of aromatic nitrogens is 1. The lowest BCUT2D eigenvalue weighted by Crippen LogP contribution is -2.27. The van der Waals surface area contributed by atoms with E-state index in [2.05, 4.69) is 29.5 Å². The molecule has 23 heavy (non-hydrogen) atoms. The quantitative estimate of drug-likeness (QED) is 0.824. The number of hydrogen-bond donors (Lipinski definition) is 2. The van der Waals surface area contributed by atoms with Gasteiger partial charge in [-0.2, -0.15) is 0 Å². The molecule has 5 nitrogen and oxygen atoms in total. The fourth-order valence-corrected chi connectivity index (χ4v) is 1.97. The van der Waals surface area contributed by atoms with Crippen LogP contribution in [0.25, 0.3) is 0 Å². The molecule has 0 aliphatic carbocycles. The summed E-state index contributed by atoms with van der Waals surface area (Å²) in [5, 5.41) is 6.11. The minimum atomic E-state index is -0.0899. The van der Waals surface area contributed by atoms with E-state index in [9.17, 15) is 4.79 Å². The number of pyridine rings is 1. The fourth-order valence-electron chi connectivity index (χ4n) is 1.97. The third kappa shape index (κ3) is 5.29. The van der Waals surface area contributed by atoms with Gasteiger partial charge in [0, 0.05) is 19.3 Å². The van der Waals surface area contributed by atoms with Gasteiger partial charge < -0.3 is 15.4 Å². The molecule has 0 fully saturated rings. The summed E-state index contributed by atoms with van der Waals surface area (Å²) in [5.74, 6) is 1.91. The van der Waals surface area contributed by atoms with Crippen LogP contribution in [0.3, 0.4) is 0 Å². The van der Waals surface area contributed by atoms with Crippen molar-refractivity contribution in [3.05, 3.63) is 53.7 Å². The zero-order valence-electron chi connectivity index (χ0n) is 13.8. The highest BCUT2D eigenvalue weighted by molar-refractivity contribution is 5.94. The van der Waals surface area contributed by atoms with Gasteiger partial charge in [0.25, 0.3) is 5.91 Å². The van der Waals surface area contributed by atoms with Gasteiger partial charge in [-0.3, -0.25) is 4.79 Å². The molecular weight excluding hydrogens is 290 g/mol. The summed E-state index contributed by atoms with van der Waals surface area (Å²) in [6, 6.07) is 11.4. The summed E-state index contributed by atoms with van der Waals surface area (Å²) >= 11 is 0. The minimum absolute atomic E-state index is 0.0899. The Hall–Kier alpha value is -2.56. The van der Waals surface area contributed by atoms with Crippen molar-refractivity contribution < 1.29 is 9.53 Å². The molecule has 0 aliphatic heterocycles. The Bertz CT molecular complexity index is 622. The summed E-state index contributed by atoms with van der Waals surface area (Å²) in [6.45, 7) is 5.45. The van der Waals surface area contributed by atoms with E-state index in [4.69, 9.17) is 4.74 Å². The van der Waals surface area contributed by atoms with Crippen molar-refractivity contribution in [2.24, 2.45) is 5.92 Å². The molecule has 1 heterocycles.